The minimum atomic E-state index is -1.73. The van der Waals surface area contributed by atoms with E-state index in [0.29, 0.717) is 30.2 Å². The van der Waals surface area contributed by atoms with Crippen LogP contribution in [0.25, 0.3) is 0 Å². The van der Waals surface area contributed by atoms with Gasteiger partial charge >= 0.3 is 0 Å². The van der Waals surface area contributed by atoms with Crippen LogP contribution in [0.4, 0.5) is 0 Å². The van der Waals surface area contributed by atoms with Gasteiger partial charge in [-0.1, -0.05) is 58.5 Å². The number of nitrogens with zero attached hydrogens (tertiary/aromatic N) is 2. The van der Waals surface area contributed by atoms with Crippen LogP contribution in [0, 0.1) is 5.92 Å². The normalized spacial score (nSPS) is 22.6. The number of fused-ring (bicyclic) bond motifs is 4. The first-order valence-electron chi connectivity index (χ1n) is 9.29. The predicted octanol–water partition coefficient (Wildman–Crippen LogP) is 4.05. The highest BCUT2D eigenvalue weighted by molar-refractivity contribution is 6.68. The number of rotatable bonds is 3. The number of carbonyl (C=O) groups excluding carboxylic acids is 1. The van der Waals surface area contributed by atoms with E-state index < -0.39 is 9.96 Å². The number of pyridine rings is 1. The van der Waals surface area contributed by atoms with Gasteiger partial charge in [0.25, 0.3) is 11.5 Å². The smallest absolute Gasteiger partial charge is 0.252 e. The highest BCUT2D eigenvalue weighted by Gasteiger charge is 2.44. The van der Waals surface area contributed by atoms with Gasteiger partial charge in [-0.15, -0.1) is 0 Å². The lowest BCUT2D eigenvalue weighted by Crippen LogP contribution is -2.60. The first kappa shape index (κ1) is 21.0. The zero-order valence-electron chi connectivity index (χ0n) is 15.3. The van der Waals surface area contributed by atoms with Gasteiger partial charge in [-0.3, -0.25) is 14.5 Å². The van der Waals surface area contributed by atoms with Crippen molar-refractivity contribution in [2.45, 2.75) is 28.8 Å². The lowest BCUT2D eigenvalue weighted by atomic mass is 9.83. The first-order chi connectivity index (χ1) is 13.7. The van der Waals surface area contributed by atoms with Crippen molar-refractivity contribution in [3.05, 3.63) is 69.1 Å². The van der Waals surface area contributed by atoms with Gasteiger partial charge in [-0.05, 0) is 36.6 Å². The highest BCUT2D eigenvalue weighted by Crippen LogP contribution is 2.40. The molecular weight excluding hydrogens is 456 g/mol. The van der Waals surface area contributed by atoms with Gasteiger partial charge in [-0.25, -0.2) is 0 Å². The molecule has 5 nitrogen and oxygen atoms in total. The number of alkyl halides is 3. The van der Waals surface area contributed by atoms with Gasteiger partial charge in [0.15, 0.2) is 0 Å². The molecule has 29 heavy (non-hydrogen) atoms. The van der Waals surface area contributed by atoms with Crippen molar-refractivity contribution in [1.29, 1.82) is 0 Å². The van der Waals surface area contributed by atoms with Crippen molar-refractivity contribution in [3.63, 3.8) is 0 Å². The van der Waals surface area contributed by atoms with Crippen LogP contribution in [0.5, 0.6) is 0 Å². The molecule has 0 aliphatic carbocycles. The summed E-state index contributed by atoms with van der Waals surface area (Å²) in [6.45, 7) is 1.82. The third kappa shape index (κ3) is 4.44. The van der Waals surface area contributed by atoms with Gasteiger partial charge in [0.1, 0.15) is 6.17 Å². The van der Waals surface area contributed by atoms with Crippen LogP contribution in [-0.2, 0) is 6.54 Å². The first-order valence-corrected chi connectivity index (χ1v) is 10.8. The average molecular weight is 475 g/mol. The molecule has 2 aromatic rings. The Kier molecular flexibility index (Phi) is 5.88. The highest BCUT2D eigenvalue weighted by atomic mass is 35.6. The molecule has 1 aromatic carbocycles. The molecular formula is C20H19Cl4N3O2. The summed E-state index contributed by atoms with van der Waals surface area (Å²) in [5, 5.41) is 3.31. The quantitative estimate of drug-likeness (QED) is 0.682. The SMILES string of the molecule is O=C(N[C@H](N1C[C@H]2C[C@H](C1)c1cccc(=O)n1C2)C(Cl)(Cl)Cl)c1cccc(Cl)c1. The third-order valence-electron chi connectivity index (χ3n) is 5.54. The number of likely N-dealkylation sites (tertiary alicyclic amines) is 1. The number of piperidine rings is 1. The van der Waals surface area contributed by atoms with E-state index in [2.05, 4.69) is 5.32 Å². The fourth-order valence-corrected chi connectivity index (χ4v) is 5.13. The molecule has 1 amide bonds. The van der Waals surface area contributed by atoms with Crippen LogP contribution in [-0.4, -0.2) is 38.4 Å². The van der Waals surface area contributed by atoms with Gasteiger partial charge in [0.2, 0.25) is 3.79 Å². The van der Waals surface area contributed by atoms with E-state index >= 15 is 0 Å². The molecule has 154 valence electrons. The lowest BCUT2D eigenvalue weighted by Gasteiger charge is -2.47. The molecule has 2 bridgehead atoms. The Morgan fingerprint density at radius 2 is 1.86 bits per heavy atom. The second kappa shape index (κ2) is 8.12. The van der Waals surface area contributed by atoms with Crippen LogP contribution in [0.3, 0.4) is 0 Å². The number of nitrogens with one attached hydrogen (secondary N) is 1. The molecule has 1 saturated heterocycles. The Bertz CT molecular complexity index is 988. The van der Waals surface area contributed by atoms with Crippen LogP contribution in [0.2, 0.25) is 5.02 Å². The Balaban J connectivity index is 1.59. The maximum absolute atomic E-state index is 12.8. The lowest BCUT2D eigenvalue weighted by molar-refractivity contribution is 0.0586. The number of hydrogen-bond acceptors (Lipinski definition) is 3. The molecule has 0 saturated carbocycles. The average Bonchev–Trinajstić information content (AvgIpc) is 2.66. The number of carbonyl (C=O) groups is 1. The molecule has 1 aromatic heterocycles. The minimum absolute atomic E-state index is 0.0119. The fraction of sp³-hybridized carbons (Fsp3) is 0.400. The van der Waals surface area contributed by atoms with E-state index in [-0.39, 0.29) is 23.3 Å². The summed E-state index contributed by atoms with van der Waals surface area (Å²) >= 11 is 24.8. The third-order valence-corrected chi connectivity index (χ3v) is 6.39. The summed E-state index contributed by atoms with van der Waals surface area (Å²) in [6.07, 6.45) is 0.153. The van der Waals surface area contributed by atoms with Crippen LogP contribution < -0.4 is 10.9 Å². The number of benzene rings is 1. The Morgan fingerprint density at radius 1 is 1.10 bits per heavy atom. The molecule has 9 heteroatoms. The van der Waals surface area contributed by atoms with Crippen molar-refractivity contribution in [2.24, 2.45) is 5.92 Å². The molecule has 2 aliphatic heterocycles. The zero-order valence-corrected chi connectivity index (χ0v) is 18.3. The Morgan fingerprint density at radius 3 is 2.59 bits per heavy atom. The van der Waals surface area contributed by atoms with Crippen LogP contribution in [0.15, 0.2) is 47.3 Å². The van der Waals surface area contributed by atoms with Gasteiger partial charge < -0.3 is 9.88 Å². The van der Waals surface area contributed by atoms with Gasteiger partial charge in [0.05, 0.1) is 0 Å². The van der Waals surface area contributed by atoms with Crippen LogP contribution in [0.1, 0.15) is 28.4 Å². The molecule has 3 heterocycles. The number of halogens is 4. The molecule has 0 unspecified atom stereocenters. The maximum Gasteiger partial charge on any atom is 0.252 e. The Labute approximate surface area is 188 Å². The summed E-state index contributed by atoms with van der Waals surface area (Å²) in [5.41, 5.74) is 1.39. The second-order valence-corrected chi connectivity index (χ2v) is 10.4. The van der Waals surface area contributed by atoms with E-state index in [4.69, 9.17) is 46.4 Å². The molecule has 4 rings (SSSR count). The molecule has 0 radical (unpaired) electrons. The standard InChI is InChI=1S/C20H19Cl4N3O2/c21-15-4-1-3-13(8-15)18(29)25-19(20(22,23)24)26-9-12-7-14(11-26)16-5-2-6-17(28)27(16)10-12/h1-6,8,12,14,19H,7,9-11H2,(H,25,29)/t12-,14-,19-/m1/s1. The maximum atomic E-state index is 12.8. The molecule has 1 N–H and O–H groups in total. The second-order valence-electron chi connectivity index (χ2n) is 7.58. The number of aromatic nitrogens is 1. The number of hydrogen-bond donors (Lipinski definition) is 1. The zero-order chi connectivity index (χ0) is 20.8. The largest absolute Gasteiger partial charge is 0.332 e. The van der Waals surface area contributed by atoms with Gasteiger partial charge in [0, 0.05) is 47.9 Å². The van der Waals surface area contributed by atoms with Crippen molar-refractivity contribution in [1.82, 2.24) is 14.8 Å². The predicted molar refractivity (Wildman–Crippen MR) is 116 cm³/mol. The minimum Gasteiger partial charge on any atom is -0.332 e. The topological polar surface area (TPSA) is 54.3 Å². The van der Waals surface area contributed by atoms with Crippen LogP contribution >= 0.6 is 46.4 Å². The monoisotopic (exact) mass is 473 g/mol. The molecule has 3 atom stereocenters. The van der Waals surface area contributed by atoms with E-state index in [1.165, 1.54) is 0 Å². The van der Waals surface area contributed by atoms with E-state index in [1.807, 2.05) is 15.5 Å². The summed E-state index contributed by atoms with van der Waals surface area (Å²) in [7, 11) is 0. The van der Waals surface area contributed by atoms with Crippen molar-refractivity contribution < 1.29 is 4.79 Å². The molecule has 1 fully saturated rings. The van der Waals surface area contributed by atoms with E-state index in [9.17, 15) is 9.59 Å². The Hall–Kier alpha value is -1.24. The van der Waals surface area contributed by atoms with E-state index in [0.717, 1.165) is 12.1 Å². The van der Waals surface area contributed by atoms with Crippen molar-refractivity contribution in [2.75, 3.05) is 13.1 Å². The van der Waals surface area contributed by atoms with Gasteiger partial charge in [-0.2, -0.15) is 0 Å². The van der Waals surface area contributed by atoms with E-state index in [1.54, 1.807) is 36.4 Å². The van der Waals surface area contributed by atoms with Crippen molar-refractivity contribution >= 4 is 52.3 Å². The molecule has 0 spiro atoms. The molecule has 2 aliphatic rings. The summed E-state index contributed by atoms with van der Waals surface area (Å²) in [4.78, 5) is 27.0. The summed E-state index contributed by atoms with van der Waals surface area (Å²) in [6, 6.07) is 11.9. The summed E-state index contributed by atoms with van der Waals surface area (Å²) in [5.74, 6) is 0.00442. The summed E-state index contributed by atoms with van der Waals surface area (Å²) < 4.78 is 0.112. The fourth-order valence-electron chi connectivity index (χ4n) is 4.36. The van der Waals surface area contributed by atoms with Crippen molar-refractivity contribution in [3.8, 4) is 0 Å². The number of amides is 1.